The van der Waals surface area contributed by atoms with Crippen molar-refractivity contribution < 1.29 is 0 Å². The van der Waals surface area contributed by atoms with Crippen LogP contribution in [0.2, 0.25) is 0 Å². The van der Waals surface area contributed by atoms with E-state index < -0.39 is 0 Å². The molecule has 0 spiro atoms. The highest BCUT2D eigenvalue weighted by atomic mass is 32.1. The zero-order valence-corrected chi connectivity index (χ0v) is 6.12. The quantitative estimate of drug-likeness (QED) is 0.476. The van der Waals surface area contributed by atoms with Gasteiger partial charge in [0.05, 0.1) is 0 Å². The summed E-state index contributed by atoms with van der Waals surface area (Å²) in [4.78, 5) is 1.29. The molecule has 1 atom stereocenters. The maximum Gasteiger partial charge on any atom is -0.0136 e. The molecule has 0 amide bonds. The first kappa shape index (κ1) is 6.21. The van der Waals surface area contributed by atoms with Gasteiger partial charge in [0.25, 0.3) is 0 Å². The lowest BCUT2D eigenvalue weighted by atomic mass is 9.98. The summed E-state index contributed by atoms with van der Waals surface area (Å²) in [6, 6.07) is 0. The highest BCUT2D eigenvalue weighted by molar-refractivity contribution is 7.84. The molecule has 8 heavy (non-hydrogen) atoms. The van der Waals surface area contributed by atoms with Gasteiger partial charge in [0, 0.05) is 0 Å². The van der Waals surface area contributed by atoms with Crippen LogP contribution in [-0.2, 0) is 0 Å². The largest absolute Gasteiger partial charge is 0.148 e. The standard InChI is InChI=1S/C7H12S/c1-6-4-2-3-5-7(6)8/h5-6,8H,2-4H2,1H3. The van der Waals surface area contributed by atoms with E-state index in [0.717, 1.165) is 5.92 Å². The third kappa shape index (κ3) is 1.28. The summed E-state index contributed by atoms with van der Waals surface area (Å²) in [5, 5.41) is 0. The van der Waals surface area contributed by atoms with Crippen LogP contribution in [-0.4, -0.2) is 0 Å². The van der Waals surface area contributed by atoms with Crippen molar-refractivity contribution in [1.82, 2.24) is 0 Å². The molecule has 1 aliphatic rings. The van der Waals surface area contributed by atoms with Gasteiger partial charge in [0.15, 0.2) is 0 Å². The van der Waals surface area contributed by atoms with Crippen LogP contribution in [0.4, 0.5) is 0 Å². The van der Waals surface area contributed by atoms with E-state index in [9.17, 15) is 0 Å². The minimum Gasteiger partial charge on any atom is -0.148 e. The normalized spacial score (nSPS) is 29.8. The highest BCUT2D eigenvalue weighted by Gasteiger charge is 2.07. The molecule has 0 aromatic carbocycles. The molecule has 0 saturated heterocycles. The lowest BCUT2D eigenvalue weighted by molar-refractivity contribution is 0.577. The van der Waals surface area contributed by atoms with Crippen LogP contribution in [0.1, 0.15) is 26.2 Å². The predicted octanol–water partition coefficient (Wildman–Crippen LogP) is 2.62. The van der Waals surface area contributed by atoms with E-state index in [0.29, 0.717) is 0 Å². The smallest absolute Gasteiger partial charge is 0.0136 e. The van der Waals surface area contributed by atoms with Crippen molar-refractivity contribution in [3.05, 3.63) is 11.0 Å². The lowest BCUT2D eigenvalue weighted by Gasteiger charge is -2.14. The van der Waals surface area contributed by atoms with Gasteiger partial charge in [-0.3, -0.25) is 0 Å². The highest BCUT2D eigenvalue weighted by Crippen LogP contribution is 2.25. The second kappa shape index (κ2) is 2.58. The van der Waals surface area contributed by atoms with Gasteiger partial charge >= 0.3 is 0 Å². The Bertz CT molecular complexity index is 105. The van der Waals surface area contributed by atoms with Crippen LogP contribution < -0.4 is 0 Å². The van der Waals surface area contributed by atoms with Gasteiger partial charge in [0.2, 0.25) is 0 Å². The van der Waals surface area contributed by atoms with Crippen LogP contribution in [0, 0.1) is 5.92 Å². The molecule has 0 aromatic heterocycles. The van der Waals surface area contributed by atoms with E-state index in [1.807, 2.05) is 0 Å². The molecule has 0 aliphatic heterocycles. The molecule has 1 aliphatic carbocycles. The first-order valence-corrected chi connectivity index (χ1v) is 3.64. The fourth-order valence-electron chi connectivity index (χ4n) is 1.02. The van der Waals surface area contributed by atoms with Crippen LogP contribution >= 0.6 is 12.6 Å². The van der Waals surface area contributed by atoms with Gasteiger partial charge in [-0.25, -0.2) is 0 Å². The summed E-state index contributed by atoms with van der Waals surface area (Å²) >= 11 is 4.32. The summed E-state index contributed by atoms with van der Waals surface area (Å²) in [6.07, 6.45) is 6.15. The average Bonchev–Trinajstić information content (AvgIpc) is 1.77. The van der Waals surface area contributed by atoms with Crippen molar-refractivity contribution in [2.75, 3.05) is 0 Å². The first-order valence-electron chi connectivity index (χ1n) is 3.19. The molecule has 0 N–H and O–H groups in total. The van der Waals surface area contributed by atoms with Gasteiger partial charge < -0.3 is 0 Å². The summed E-state index contributed by atoms with van der Waals surface area (Å²) in [5.74, 6) is 0.729. The second-order valence-electron chi connectivity index (χ2n) is 2.46. The third-order valence-electron chi connectivity index (χ3n) is 1.70. The summed E-state index contributed by atoms with van der Waals surface area (Å²) < 4.78 is 0. The maximum atomic E-state index is 4.32. The maximum absolute atomic E-state index is 4.32. The molecule has 1 unspecified atom stereocenters. The van der Waals surface area contributed by atoms with Crippen molar-refractivity contribution in [3.63, 3.8) is 0 Å². The Kier molecular flexibility index (Phi) is 2.01. The number of thiol groups is 1. The molecule has 0 bridgehead atoms. The van der Waals surface area contributed by atoms with Crippen molar-refractivity contribution in [2.24, 2.45) is 5.92 Å². The Labute approximate surface area is 56.4 Å². The predicted molar refractivity (Wildman–Crippen MR) is 40.1 cm³/mol. The van der Waals surface area contributed by atoms with E-state index in [1.165, 1.54) is 24.2 Å². The molecule has 0 nitrogen and oxygen atoms in total. The molecule has 0 aromatic rings. The van der Waals surface area contributed by atoms with Gasteiger partial charge in [0.1, 0.15) is 0 Å². The van der Waals surface area contributed by atoms with Gasteiger partial charge in [-0.2, -0.15) is 0 Å². The lowest BCUT2D eigenvalue weighted by Crippen LogP contribution is -1.98. The van der Waals surface area contributed by atoms with Crippen molar-refractivity contribution in [2.45, 2.75) is 26.2 Å². The van der Waals surface area contributed by atoms with E-state index in [2.05, 4.69) is 25.6 Å². The minimum absolute atomic E-state index is 0.729. The van der Waals surface area contributed by atoms with E-state index in [-0.39, 0.29) is 0 Å². The Morgan fingerprint density at radius 3 is 2.88 bits per heavy atom. The number of allylic oxidation sites excluding steroid dienone is 2. The molecule has 1 heteroatoms. The molecule has 0 saturated carbocycles. The Hall–Kier alpha value is 0.0900. The molecule has 0 radical (unpaired) electrons. The molecule has 1 rings (SSSR count). The van der Waals surface area contributed by atoms with E-state index in [4.69, 9.17) is 0 Å². The molecule has 0 heterocycles. The zero-order chi connectivity index (χ0) is 5.98. The van der Waals surface area contributed by atoms with E-state index in [1.54, 1.807) is 0 Å². The SMILES string of the molecule is CC1CCCC=C1S. The fraction of sp³-hybridized carbons (Fsp3) is 0.714. The van der Waals surface area contributed by atoms with Crippen LogP contribution in [0.5, 0.6) is 0 Å². The topological polar surface area (TPSA) is 0 Å². The fourth-order valence-corrected chi connectivity index (χ4v) is 1.28. The third-order valence-corrected chi connectivity index (χ3v) is 2.32. The summed E-state index contributed by atoms with van der Waals surface area (Å²) in [6.45, 7) is 2.23. The summed E-state index contributed by atoms with van der Waals surface area (Å²) in [7, 11) is 0. The van der Waals surface area contributed by atoms with Gasteiger partial charge in [-0.15, -0.1) is 12.6 Å². The summed E-state index contributed by atoms with van der Waals surface area (Å²) in [5.41, 5.74) is 0. The Morgan fingerprint density at radius 2 is 2.50 bits per heavy atom. The van der Waals surface area contributed by atoms with Crippen molar-refractivity contribution in [1.29, 1.82) is 0 Å². The Morgan fingerprint density at radius 1 is 1.75 bits per heavy atom. The molecule has 0 fully saturated rings. The molecule has 46 valence electrons. The van der Waals surface area contributed by atoms with E-state index >= 15 is 0 Å². The Balaban J connectivity index is 2.53. The van der Waals surface area contributed by atoms with Crippen LogP contribution in [0.3, 0.4) is 0 Å². The van der Waals surface area contributed by atoms with Crippen molar-refractivity contribution >= 4 is 12.6 Å². The number of rotatable bonds is 0. The van der Waals surface area contributed by atoms with Crippen LogP contribution in [0.25, 0.3) is 0 Å². The monoisotopic (exact) mass is 128 g/mol. The number of hydrogen-bond donors (Lipinski definition) is 1. The van der Waals surface area contributed by atoms with Crippen molar-refractivity contribution in [3.8, 4) is 0 Å². The van der Waals surface area contributed by atoms with Gasteiger partial charge in [-0.05, 0) is 30.1 Å². The average molecular weight is 128 g/mol. The molecular formula is C7H12S. The number of hydrogen-bond acceptors (Lipinski definition) is 1. The molecular weight excluding hydrogens is 116 g/mol. The first-order chi connectivity index (χ1) is 3.80. The van der Waals surface area contributed by atoms with Crippen LogP contribution in [0.15, 0.2) is 11.0 Å². The minimum atomic E-state index is 0.729. The zero-order valence-electron chi connectivity index (χ0n) is 5.22. The van der Waals surface area contributed by atoms with Gasteiger partial charge in [-0.1, -0.05) is 13.0 Å². The second-order valence-corrected chi connectivity index (χ2v) is 2.98.